The lowest BCUT2D eigenvalue weighted by atomic mass is 9.87. The molecule has 0 saturated heterocycles. The molecular formula is C15H21N3O2. The van der Waals surface area contributed by atoms with Gasteiger partial charge in [0.15, 0.2) is 0 Å². The third-order valence-electron chi connectivity index (χ3n) is 4.24. The number of amides is 1. The molecule has 0 aromatic carbocycles. The summed E-state index contributed by atoms with van der Waals surface area (Å²) in [4.78, 5) is 21.0. The quantitative estimate of drug-likeness (QED) is 0.894. The van der Waals surface area contributed by atoms with Crippen LogP contribution in [0.1, 0.15) is 54.5 Å². The Bertz CT molecular complexity index is 496. The molecule has 0 atom stereocenters. The van der Waals surface area contributed by atoms with Crippen molar-refractivity contribution in [3.05, 3.63) is 23.3 Å². The van der Waals surface area contributed by atoms with E-state index < -0.39 is 0 Å². The van der Waals surface area contributed by atoms with E-state index in [2.05, 4.69) is 22.2 Å². The Hall–Kier alpha value is -1.49. The van der Waals surface area contributed by atoms with Gasteiger partial charge in [-0.1, -0.05) is 6.92 Å². The molecule has 2 heterocycles. The van der Waals surface area contributed by atoms with Crippen molar-refractivity contribution in [1.29, 1.82) is 0 Å². The number of nitrogens with zero attached hydrogens (tertiary/aromatic N) is 2. The van der Waals surface area contributed by atoms with Crippen molar-refractivity contribution < 1.29 is 9.53 Å². The zero-order valence-corrected chi connectivity index (χ0v) is 11.9. The summed E-state index contributed by atoms with van der Waals surface area (Å²) in [7, 11) is 0. The maximum absolute atomic E-state index is 12.2. The second-order valence-corrected chi connectivity index (χ2v) is 5.88. The molecule has 1 aromatic rings. The summed E-state index contributed by atoms with van der Waals surface area (Å²) in [5.41, 5.74) is 2.17. The number of nitrogens with one attached hydrogen (secondary N) is 1. The topological polar surface area (TPSA) is 64.1 Å². The summed E-state index contributed by atoms with van der Waals surface area (Å²) in [5, 5.41) is 3.08. The van der Waals surface area contributed by atoms with Gasteiger partial charge in [0, 0.05) is 12.5 Å². The summed E-state index contributed by atoms with van der Waals surface area (Å²) >= 11 is 0. The van der Waals surface area contributed by atoms with E-state index in [4.69, 9.17) is 4.74 Å². The SMILES string of the molecule is C[C@H]1CC[C@H](NC(=O)c2cnc3c(n2)COCC3)CC1. The van der Waals surface area contributed by atoms with Gasteiger partial charge in [-0.3, -0.25) is 9.78 Å². The largest absolute Gasteiger partial charge is 0.375 e. The standard InChI is InChI=1S/C15H21N3O2/c1-10-2-4-11(5-3-10)17-15(19)13-8-16-12-6-7-20-9-14(12)18-13/h8,10-11H,2-7,9H2,1H3,(H,17,19)/t10-,11-. The van der Waals surface area contributed by atoms with Crippen LogP contribution < -0.4 is 5.32 Å². The van der Waals surface area contributed by atoms with Crippen LogP contribution in [0, 0.1) is 5.92 Å². The number of aromatic nitrogens is 2. The van der Waals surface area contributed by atoms with Crippen LogP contribution in [-0.2, 0) is 17.8 Å². The van der Waals surface area contributed by atoms with Crippen molar-refractivity contribution in [2.75, 3.05) is 6.61 Å². The number of fused-ring (bicyclic) bond motifs is 1. The van der Waals surface area contributed by atoms with Crippen LogP contribution in [0.15, 0.2) is 6.20 Å². The molecule has 1 saturated carbocycles. The first-order valence-corrected chi connectivity index (χ1v) is 7.46. The van der Waals surface area contributed by atoms with Gasteiger partial charge in [-0.25, -0.2) is 4.98 Å². The first kappa shape index (κ1) is 13.5. The monoisotopic (exact) mass is 275 g/mol. The van der Waals surface area contributed by atoms with Gasteiger partial charge < -0.3 is 10.1 Å². The summed E-state index contributed by atoms with van der Waals surface area (Å²) in [5.74, 6) is 0.675. The fraction of sp³-hybridized carbons (Fsp3) is 0.667. The fourth-order valence-electron chi connectivity index (χ4n) is 2.89. The van der Waals surface area contributed by atoms with Gasteiger partial charge in [0.1, 0.15) is 5.69 Å². The third kappa shape index (κ3) is 2.98. The Kier molecular flexibility index (Phi) is 3.96. The Morgan fingerprint density at radius 1 is 1.30 bits per heavy atom. The number of carbonyl (C=O) groups excluding carboxylic acids is 1. The van der Waals surface area contributed by atoms with Crippen molar-refractivity contribution in [3.8, 4) is 0 Å². The first-order valence-electron chi connectivity index (χ1n) is 7.46. The van der Waals surface area contributed by atoms with Crippen molar-refractivity contribution in [2.24, 2.45) is 5.92 Å². The molecule has 20 heavy (non-hydrogen) atoms. The number of rotatable bonds is 2. The van der Waals surface area contributed by atoms with E-state index in [0.717, 1.165) is 36.6 Å². The summed E-state index contributed by atoms with van der Waals surface area (Å²) in [6.45, 7) is 3.42. The average molecular weight is 275 g/mol. The van der Waals surface area contributed by atoms with E-state index in [1.54, 1.807) is 6.20 Å². The molecule has 5 heteroatoms. The lowest BCUT2D eigenvalue weighted by Gasteiger charge is -2.26. The number of carbonyl (C=O) groups is 1. The van der Waals surface area contributed by atoms with Gasteiger partial charge in [-0.2, -0.15) is 0 Å². The molecule has 0 bridgehead atoms. The molecule has 2 aliphatic rings. The Labute approximate surface area is 119 Å². The Balaban J connectivity index is 1.65. The predicted molar refractivity (Wildman–Crippen MR) is 74.3 cm³/mol. The summed E-state index contributed by atoms with van der Waals surface area (Å²) in [6.07, 6.45) is 6.88. The number of ether oxygens (including phenoxy) is 1. The van der Waals surface area contributed by atoms with Crippen molar-refractivity contribution >= 4 is 5.91 Å². The average Bonchev–Trinajstić information content (AvgIpc) is 2.49. The molecule has 108 valence electrons. The van der Waals surface area contributed by atoms with E-state index in [0.29, 0.717) is 18.9 Å². The van der Waals surface area contributed by atoms with E-state index in [1.165, 1.54) is 12.8 Å². The van der Waals surface area contributed by atoms with Crippen LogP contribution >= 0.6 is 0 Å². The second kappa shape index (κ2) is 5.87. The van der Waals surface area contributed by atoms with Gasteiger partial charge in [0.25, 0.3) is 5.91 Å². The molecule has 0 unspecified atom stereocenters. The first-order chi connectivity index (χ1) is 9.72. The maximum Gasteiger partial charge on any atom is 0.271 e. The van der Waals surface area contributed by atoms with Gasteiger partial charge in [-0.05, 0) is 31.6 Å². The molecular weight excluding hydrogens is 254 g/mol. The van der Waals surface area contributed by atoms with Crippen molar-refractivity contribution in [3.63, 3.8) is 0 Å². The van der Waals surface area contributed by atoms with Gasteiger partial charge in [0.2, 0.25) is 0 Å². The normalized spacial score (nSPS) is 25.9. The number of hydrogen-bond donors (Lipinski definition) is 1. The highest BCUT2D eigenvalue weighted by atomic mass is 16.5. The summed E-state index contributed by atoms with van der Waals surface area (Å²) in [6, 6.07) is 0.285. The van der Waals surface area contributed by atoms with E-state index in [9.17, 15) is 4.79 Å². The zero-order chi connectivity index (χ0) is 13.9. The second-order valence-electron chi connectivity index (χ2n) is 5.88. The van der Waals surface area contributed by atoms with Crippen LogP contribution in [0.3, 0.4) is 0 Å². The lowest BCUT2D eigenvalue weighted by Crippen LogP contribution is -2.38. The van der Waals surface area contributed by atoms with Crippen molar-refractivity contribution in [2.45, 2.75) is 51.7 Å². The highest BCUT2D eigenvalue weighted by Gasteiger charge is 2.22. The van der Waals surface area contributed by atoms with E-state index in [1.807, 2.05) is 0 Å². The maximum atomic E-state index is 12.2. The lowest BCUT2D eigenvalue weighted by molar-refractivity contribution is 0.0909. The minimum Gasteiger partial charge on any atom is -0.375 e. The molecule has 1 amide bonds. The van der Waals surface area contributed by atoms with Crippen LogP contribution in [0.25, 0.3) is 0 Å². The third-order valence-corrected chi connectivity index (χ3v) is 4.24. The van der Waals surface area contributed by atoms with Crippen LogP contribution in [0.5, 0.6) is 0 Å². The highest BCUT2D eigenvalue weighted by molar-refractivity contribution is 5.92. The zero-order valence-electron chi connectivity index (χ0n) is 11.9. The molecule has 1 fully saturated rings. The minimum atomic E-state index is -0.106. The molecule has 1 aromatic heterocycles. The Morgan fingerprint density at radius 2 is 2.10 bits per heavy atom. The predicted octanol–water partition coefficient (Wildman–Crippen LogP) is 1.86. The fourth-order valence-corrected chi connectivity index (χ4v) is 2.89. The molecule has 1 aliphatic carbocycles. The molecule has 3 rings (SSSR count). The van der Waals surface area contributed by atoms with E-state index >= 15 is 0 Å². The highest BCUT2D eigenvalue weighted by Crippen LogP contribution is 2.23. The van der Waals surface area contributed by atoms with Crippen LogP contribution in [0.4, 0.5) is 0 Å². The smallest absolute Gasteiger partial charge is 0.271 e. The molecule has 0 radical (unpaired) electrons. The molecule has 1 aliphatic heterocycles. The van der Waals surface area contributed by atoms with Crippen LogP contribution in [-0.4, -0.2) is 28.5 Å². The minimum absolute atomic E-state index is 0.106. The van der Waals surface area contributed by atoms with E-state index in [-0.39, 0.29) is 11.9 Å². The summed E-state index contributed by atoms with van der Waals surface area (Å²) < 4.78 is 5.36. The van der Waals surface area contributed by atoms with Gasteiger partial charge in [-0.15, -0.1) is 0 Å². The van der Waals surface area contributed by atoms with Gasteiger partial charge in [0.05, 0.1) is 30.8 Å². The number of hydrogen-bond acceptors (Lipinski definition) is 4. The van der Waals surface area contributed by atoms with Crippen molar-refractivity contribution in [1.82, 2.24) is 15.3 Å². The molecule has 0 spiro atoms. The van der Waals surface area contributed by atoms with Crippen LogP contribution in [0.2, 0.25) is 0 Å². The molecule has 1 N–H and O–H groups in total. The molecule has 5 nitrogen and oxygen atoms in total. The Morgan fingerprint density at radius 3 is 2.90 bits per heavy atom. The van der Waals surface area contributed by atoms with Gasteiger partial charge >= 0.3 is 0 Å².